The van der Waals surface area contributed by atoms with Gasteiger partial charge >= 0.3 is 12.2 Å². The van der Waals surface area contributed by atoms with Crippen LogP contribution in [0.2, 0.25) is 0 Å². The first-order valence-electron chi connectivity index (χ1n) is 11.5. The van der Waals surface area contributed by atoms with Crippen molar-refractivity contribution in [3.05, 3.63) is 53.6 Å². The zero-order chi connectivity index (χ0) is 26.6. The van der Waals surface area contributed by atoms with Gasteiger partial charge in [0.15, 0.2) is 0 Å². The summed E-state index contributed by atoms with van der Waals surface area (Å²) in [5.74, 6) is 0.0153. The maximum Gasteiger partial charge on any atom is 0.416 e. The number of aliphatic hydroxyl groups excluding tert-OH is 1. The predicted octanol–water partition coefficient (Wildman–Crippen LogP) is 4.13. The van der Waals surface area contributed by atoms with Crippen LogP contribution in [0.25, 0.3) is 0 Å². The van der Waals surface area contributed by atoms with Gasteiger partial charge in [-0.15, -0.1) is 0 Å². The summed E-state index contributed by atoms with van der Waals surface area (Å²) in [6.45, 7) is 4.54. The summed E-state index contributed by atoms with van der Waals surface area (Å²) < 4.78 is 44.4. The maximum atomic E-state index is 13.4. The van der Waals surface area contributed by atoms with Gasteiger partial charge in [-0.3, -0.25) is 4.79 Å². The Morgan fingerprint density at radius 2 is 1.78 bits per heavy atom. The van der Waals surface area contributed by atoms with Crippen molar-refractivity contribution in [3.8, 4) is 5.75 Å². The molecule has 1 heterocycles. The lowest BCUT2D eigenvalue weighted by Gasteiger charge is -2.37. The van der Waals surface area contributed by atoms with Crippen LogP contribution in [0.1, 0.15) is 29.8 Å². The topological polar surface area (TPSA) is 94.1 Å². The lowest BCUT2D eigenvalue weighted by Crippen LogP contribution is -2.49. The molecule has 1 aliphatic rings. The number of carbonyl (C=O) groups is 2. The molecule has 3 N–H and O–H groups in total. The van der Waals surface area contributed by atoms with Crippen molar-refractivity contribution in [1.29, 1.82) is 0 Å². The highest BCUT2D eigenvalue weighted by molar-refractivity contribution is 6.02. The standard InChI is InChI=1S/C25H31F3N4O4/c1-15-12-32(16(2)14-33)23(34)20-11-19(9-10-21(20)36-22(15)13-31(3)4)30-24(35)29-18-7-5-17(6-8-18)25(26,27)28/h5-11,15-16,22,33H,12-14H2,1-4H3,(H2,29,30,35)/t15-,16+,22+/m0/s1. The van der Waals surface area contributed by atoms with Gasteiger partial charge in [0.2, 0.25) is 0 Å². The first-order chi connectivity index (χ1) is 16.9. The van der Waals surface area contributed by atoms with E-state index < -0.39 is 23.8 Å². The highest BCUT2D eigenvalue weighted by atomic mass is 19.4. The molecule has 0 fully saturated rings. The highest BCUT2D eigenvalue weighted by Crippen LogP contribution is 2.31. The van der Waals surface area contributed by atoms with Gasteiger partial charge in [-0.1, -0.05) is 6.92 Å². The molecular weight excluding hydrogens is 477 g/mol. The molecule has 0 radical (unpaired) electrons. The number of ether oxygens (including phenoxy) is 1. The number of nitrogens with one attached hydrogen (secondary N) is 2. The number of nitrogens with zero attached hydrogens (tertiary/aromatic N) is 2. The SMILES string of the molecule is C[C@H](CO)N1C[C@H](C)[C@@H](CN(C)C)Oc2ccc(NC(=O)Nc3ccc(C(F)(F)F)cc3)cc2C1=O. The number of urea groups is 1. The molecule has 1 aliphatic heterocycles. The number of aliphatic hydroxyl groups is 1. The van der Waals surface area contributed by atoms with Gasteiger partial charge in [-0.05, 0) is 63.5 Å². The fraction of sp³-hybridized carbons (Fsp3) is 0.440. The van der Waals surface area contributed by atoms with Crippen molar-refractivity contribution in [2.45, 2.75) is 32.2 Å². The number of likely N-dealkylation sites (N-methyl/N-ethyl adjacent to an activating group) is 1. The molecule has 3 rings (SSSR count). The molecule has 2 aromatic rings. The molecule has 0 aliphatic carbocycles. The Morgan fingerprint density at radius 1 is 1.17 bits per heavy atom. The fourth-order valence-corrected chi connectivity index (χ4v) is 3.91. The van der Waals surface area contributed by atoms with Crippen LogP contribution in [-0.4, -0.2) is 72.8 Å². The van der Waals surface area contributed by atoms with Crippen LogP contribution in [0, 0.1) is 5.92 Å². The minimum absolute atomic E-state index is 0.00851. The zero-order valence-corrected chi connectivity index (χ0v) is 20.6. The number of benzene rings is 2. The molecule has 3 atom stereocenters. The second-order valence-electron chi connectivity index (χ2n) is 9.25. The summed E-state index contributed by atoms with van der Waals surface area (Å²) in [6.07, 6.45) is -4.69. The molecule has 8 nitrogen and oxygen atoms in total. The summed E-state index contributed by atoms with van der Waals surface area (Å²) >= 11 is 0. The van der Waals surface area contributed by atoms with Crippen LogP contribution in [0.5, 0.6) is 5.75 Å². The van der Waals surface area contributed by atoms with Crippen molar-refractivity contribution < 1.29 is 32.6 Å². The van der Waals surface area contributed by atoms with E-state index in [9.17, 15) is 27.9 Å². The van der Waals surface area contributed by atoms with Crippen molar-refractivity contribution in [3.63, 3.8) is 0 Å². The van der Waals surface area contributed by atoms with E-state index in [1.165, 1.54) is 6.07 Å². The Bertz CT molecular complexity index is 1080. The van der Waals surface area contributed by atoms with Crippen LogP contribution < -0.4 is 15.4 Å². The van der Waals surface area contributed by atoms with Crippen LogP contribution >= 0.6 is 0 Å². The number of hydrogen-bond donors (Lipinski definition) is 3. The average Bonchev–Trinajstić information content (AvgIpc) is 2.80. The molecule has 0 bridgehead atoms. The van der Waals surface area contributed by atoms with Crippen molar-refractivity contribution >= 4 is 23.3 Å². The number of alkyl halides is 3. The molecule has 0 saturated carbocycles. The van der Waals surface area contributed by atoms with Crippen LogP contribution in [0.15, 0.2) is 42.5 Å². The Labute approximate surface area is 208 Å². The van der Waals surface area contributed by atoms with Gasteiger partial charge in [-0.2, -0.15) is 13.2 Å². The molecule has 3 amide bonds. The normalized spacial score (nSPS) is 19.1. The zero-order valence-electron chi connectivity index (χ0n) is 20.6. The molecule has 0 aromatic heterocycles. The van der Waals surface area contributed by atoms with E-state index in [1.54, 1.807) is 24.0 Å². The quantitative estimate of drug-likeness (QED) is 0.546. The van der Waals surface area contributed by atoms with Crippen LogP contribution in [-0.2, 0) is 6.18 Å². The number of amides is 3. The Kier molecular flexibility index (Phi) is 8.47. The summed E-state index contributed by atoms with van der Waals surface area (Å²) in [4.78, 5) is 29.5. The Hall–Kier alpha value is -3.31. The lowest BCUT2D eigenvalue weighted by molar-refractivity contribution is -0.137. The molecular formula is C25H31F3N4O4. The smallest absolute Gasteiger partial charge is 0.416 e. The number of fused-ring (bicyclic) bond motifs is 1. The van der Waals surface area contributed by atoms with Gasteiger partial charge in [0.1, 0.15) is 11.9 Å². The average molecular weight is 509 g/mol. The van der Waals surface area contributed by atoms with E-state index in [4.69, 9.17) is 4.74 Å². The second kappa shape index (κ2) is 11.2. The monoisotopic (exact) mass is 508 g/mol. The highest BCUT2D eigenvalue weighted by Gasteiger charge is 2.33. The molecule has 2 aromatic carbocycles. The van der Waals surface area contributed by atoms with Crippen molar-refractivity contribution in [2.75, 3.05) is 44.4 Å². The van der Waals surface area contributed by atoms with Gasteiger partial charge in [0.25, 0.3) is 5.91 Å². The fourth-order valence-electron chi connectivity index (χ4n) is 3.91. The lowest BCUT2D eigenvalue weighted by atomic mass is 9.99. The number of halogens is 3. The van der Waals surface area contributed by atoms with Gasteiger partial charge in [0, 0.05) is 30.4 Å². The summed E-state index contributed by atoms with van der Waals surface area (Å²) in [5, 5.41) is 14.8. The third-order valence-corrected chi connectivity index (χ3v) is 5.94. The first-order valence-corrected chi connectivity index (χ1v) is 11.5. The first kappa shape index (κ1) is 27.3. The maximum absolute atomic E-state index is 13.4. The van der Waals surface area contributed by atoms with E-state index in [1.807, 2.05) is 25.9 Å². The Balaban J connectivity index is 1.83. The summed E-state index contributed by atoms with van der Waals surface area (Å²) in [6, 6.07) is 7.61. The number of carbonyl (C=O) groups excluding carboxylic acids is 2. The minimum Gasteiger partial charge on any atom is -0.488 e. The molecule has 0 spiro atoms. The third-order valence-electron chi connectivity index (χ3n) is 5.94. The summed E-state index contributed by atoms with van der Waals surface area (Å²) in [5.41, 5.74) is -0.116. The van der Waals surface area contributed by atoms with Crippen molar-refractivity contribution in [1.82, 2.24) is 9.80 Å². The van der Waals surface area contributed by atoms with Crippen molar-refractivity contribution in [2.24, 2.45) is 5.92 Å². The molecule has 11 heteroatoms. The van der Waals surface area contributed by atoms with Gasteiger partial charge in [0.05, 0.1) is 23.8 Å². The second-order valence-corrected chi connectivity index (χ2v) is 9.25. The molecule has 0 unspecified atom stereocenters. The Morgan fingerprint density at radius 3 is 2.36 bits per heavy atom. The van der Waals surface area contributed by atoms with E-state index in [2.05, 4.69) is 10.6 Å². The predicted molar refractivity (Wildman–Crippen MR) is 130 cm³/mol. The number of anilines is 2. The van der Waals surface area contributed by atoms with Gasteiger partial charge in [-0.25, -0.2) is 4.79 Å². The third kappa shape index (κ3) is 6.67. The van der Waals surface area contributed by atoms with Crippen LogP contribution in [0.3, 0.4) is 0 Å². The van der Waals surface area contributed by atoms with E-state index in [0.29, 0.717) is 24.5 Å². The largest absolute Gasteiger partial charge is 0.488 e. The molecule has 0 saturated heterocycles. The molecule has 36 heavy (non-hydrogen) atoms. The molecule has 196 valence electrons. The minimum atomic E-state index is -4.47. The van der Waals surface area contributed by atoms with Crippen LogP contribution in [0.4, 0.5) is 29.3 Å². The number of hydrogen-bond acceptors (Lipinski definition) is 5. The van der Waals surface area contributed by atoms with E-state index in [-0.39, 0.29) is 35.8 Å². The summed E-state index contributed by atoms with van der Waals surface area (Å²) in [7, 11) is 3.86. The van der Waals surface area contributed by atoms with E-state index >= 15 is 0 Å². The van der Waals surface area contributed by atoms with Gasteiger partial charge < -0.3 is 30.3 Å². The number of rotatable bonds is 6. The van der Waals surface area contributed by atoms with E-state index in [0.717, 1.165) is 24.3 Å².